The third-order valence-electron chi connectivity index (χ3n) is 6.17. The second-order valence-corrected chi connectivity index (χ2v) is 7.58. The summed E-state index contributed by atoms with van der Waals surface area (Å²) in [6.45, 7) is 4.49. The van der Waals surface area contributed by atoms with Crippen LogP contribution in [0.3, 0.4) is 0 Å². The molecule has 3 rings (SSSR count). The Bertz CT molecular complexity index is 585. The van der Waals surface area contributed by atoms with Crippen molar-refractivity contribution in [2.75, 3.05) is 4.90 Å². The Kier molecular flexibility index (Phi) is 5.60. The lowest BCUT2D eigenvalue weighted by Crippen LogP contribution is -2.55. The fraction of sp³-hybridized carbons (Fsp3) is 0.700. The Balaban J connectivity index is 1.93. The summed E-state index contributed by atoms with van der Waals surface area (Å²) >= 11 is 0. The number of piperidine rings is 1. The van der Waals surface area contributed by atoms with E-state index in [9.17, 15) is 10.1 Å². The number of nitrogens with zero attached hydrogens (tertiary/aromatic N) is 3. The van der Waals surface area contributed by atoms with Crippen LogP contribution in [0.1, 0.15) is 71.6 Å². The Morgan fingerprint density at radius 1 is 1.40 bits per heavy atom. The number of aromatic nitrogens is 1. The quantitative estimate of drug-likeness (QED) is 0.474. The first kappa shape index (κ1) is 18.2. The maximum Gasteiger partial charge on any atom is 0.287 e. The van der Waals surface area contributed by atoms with E-state index in [1.807, 2.05) is 6.07 Å². The van der Waals surface area contributed by atoms with Crippen LogP contribution in [0.2, 0.25) is 0 Å². The lowest BCUT2D eigenvalue weighted by Gasteiger charge is -2.50. The summed E-state index contributed by atoms with van der Waals surface area (Å²) in [6.07, 6.45) is 14.9. The number of hydrogen-bond acceptors (Lipinski definition) is 4. The molecule has 2 aliphatic rings. The van der Waals surface area contributed by atoms with Crippen LogP contribution >= 0.6 is 0 Å². The van der Waals surface area contributed by atoms with E-state index in [1.54, 1.807) is 6.07 Å². The highest BCUT2D eigenvalue weighted by Crippen LogP contribution is 2.52. The van der Waals surface area contributed by atoms with Gasteiger partial charge < -0.3 is 4.90 Å². The fourth-order valence-corrected chi connectivity index (χ4v) is 5.10. The minimum atomic E-state index is -0.369. The van der Waals surface area contributed by atoms with Crippen LogP contribution in [0.25, 0.3) is 0 Å². The van der Waals surface area contributed by atoms with Gasteiger partial charge >= 0.3 is 0 Å². The molecule has 3 atom stereocenters. The molecule has 137 valence electrons. The maximum atomic E-state index is 11.0. The van der Waals surface area contributed by atoms with Gasteiger partial charge in [0.05, 0.1) is 4.92 Å². The summed E-state index contributed by atoms with van der Waals surface area (Å²) in [5.41, 5.74) is 0.238. The predicted molar refractivity (Wildman–Crippen MR) is 101 cm³/mol. The molecule has 3 unspecified atom stereocenters. The van der Waals surface area contributed by atoms with Crippen LogP contribution in [0.5, 0.6) is 0 Å². The Morgan fingerprint density at radius 2 is 2.24 bits per heavy atom. The minimum Gasteiger partial charge on any atom is -0.348 e. The fourth-order valence-electron chi connectivity index (χ4n) is 5.10. The molecule has 1 aromatic heterocycles. The van der Waals surface area contributed by atoms with Crippen molar-refractivity contribution in [1.82, 2.24) is 4.98 Å². The van der Waals surface area contributed by atoms with Crippen LogP contribution in [0.4, 0.5) is 11.5 Å². The van der Waals surface area contributed by atoms with Crippen LogP contribution in [0.15, 0.2) is 18.3 Å². The molecule has 0 saturated carbocycles. The van der Waals surface area contributed by atoms with Gasteiger partial charge in [-0.2, -0.15) is 0 Å². The number of fused-ring (bicyclic) bond motifs is 2. The van der Waals surface area contributed by atoms with E-state index in [4.69, 9.17) is 0 Å². The molecule has 5 heteroatoms. The normalized spacial score (nSPS) is 26.6. The first-order chi connectivity index (χ1) is 12.1. The SMILES string of the molecule is CC[CH]C(CCCC)C12CCCC(CC1)N2c1ccc([N+](=O)[O-])cn1. The van der Waals surface area contributed by atoms with Gasteiger partial charge in [0.15, 0.2) is 0 Å². The summed E-state index contributed by atoms with van der Waals surface area (Å²) in [5.74, 6) is 1.51. The minimum absolute atomic E-state index is 0.0739. The zero-order chi connectivity index (χ0) is 17.9. The highest BCUT2D eigenvalue weighted by molar-refractivity contribution is 5.50. The van der Waals surface area contributed by atoms with Crippen LogP contribution in [-0.2, 0) is 0 Å². The van der Waals surface area contributed by atoms with Crippen molar-refractivity contribution in [3.8, 4) is 0 Å². The van der Waals surface area contributed by atoms with Gasteiger partial charge in [-0.3, -0.25) is 10.1 Å². The van der Waals surface area contributed by atoms with Crippen LogP contribution in [-0.4, -0.2) is 21.5 Å². The number of nitro groups is 1. The highest BCUT2D eigenvalue weighted by atomic mass is 16.6. The van der Waals surface area contributed by atoms with Crippen molar-refractivity contribution in [3.63, 3.8) is 0 Å². The third-order valence-corrected chi connectivity index (χ3v) is 6.17. The molecule has 0 aliphatic carbocycles. The molecule has 0 spiro atoms. The number of unbranched alkanes of at least 4 members (excludes halogenated alkanes) is 1. The zero-order valence-corrected chi connectivity index (χ0v) is 15.5. The second-order valence-electron chi connectivity index (χ2n) is 7.58. The molecule has 1 aromatic rings. The molecule has 25 heavy (non-hydrogen) atoms. The molecular weight excluding hydrogens is 314 g/mol. The van der Waals surface area contributed by atoms with Crippen molar-refractivity contribution >= 4 is 11.5 Å². The topological polar surface area (TPSA) is 59.3 Å². The van der Waals surface area contributed by atoms with Crippen molar-refractivity contribution < 1.29 is 4.92 Å². The van der Waals surface area contributed by atoms with Gasteiger partial charge in [-0.05, 0) is 56.9 Å². The average Bonchev–Trinajstić information content (AvgIpc) is 2.85. The smallest absolute Gasteiger partial charge is 0.287 e. The number of anilines is 1. The molecule has 5 nitrogen and oxygen atoms in total. The summed E-state index contributed by atoms with van der Waals surface area (Å²) < 4.78 is 0. The molecule has 3 heterocycles. The standard InChI is InChI=1S/C20H30N3O2/c1-3-5-8-16(7-4-2)20-13-6-9-17(12-14-20)22(20)19-11-10-18(15-21-19)23(24)25/h7,10-11,15-17H,3-6,8-9,12-14H2,1-2H3. The van der Waals surface area contributed by atoms with E-state index in [0.29, 0.717) is 12.0 Å². The first-order valence-electron chi connectivity index (χ1n) is 9.85. The molecule has 0 amide bonds. The summed E-state index contributed by atoms with van der Waals surface area (Å²) in [6, 6.07) is 4.01. The predicted octanol–water partition coefficient (Wildman–Crippen LogP) is 5.30. The lowest BCUT2D eigenvalue weighted by molar-refractivity contribution is -0.385. The Morgan fingerprint density at radius 3 is 2.88 bits per heavy atom. The zero-order valence-electron chi connectivity index (χ0n) is 15.5. The highest BCUT2D eigenvalue weighted by Gasteiger charge is 2.52. The Labute approximate surface area is 151 Å². The van der Waals surface area contributed by atoms with E-state index in [0.717, 1.165) is 12.2 Å². The molecule has 0 aromatic carbocycles. The molecule has 2 aliphatic heterocycles. The van der Waals surface area contributed by atoms with Crippen molar-refractivity contribution in [3.05, 3.63) is 34.9 Å². The third kappa shape index (κ3) is 3.38. The molecule has 2 fully saturated rings. The molecular formula is C20H30N3O2. The van der Waals surface area contributed by atoms with Gasteiger partial charge in [-0.15, -0.1) is 0 Å². The van der Waals surface area contributed by atoms with E-state index in [1.165, 1.54) is 57.6 Å². The number of rotatable bonds is 8. The molecule has 2 bridgehead atoms. The second kappa shape index (κ2) is 7.71. The van der Waals surface area contributed by atoms with E-state index >= 15 is 0 Å². The molecule has 2 saturated heterocycles. The van der Waals surface area contributed by atoms with Gasteiger partial charge in [0, 0.05) is 17.6 Å². The first-order valence-corrected chi connectivity index (χ1v) is 9.85. The van der Waals surface area contributed by atoms with Crippen molar-refractivity contribution in [2.45, 2.75) is 83.2 Å². The summed E-state index contributed by atoms with van der Waals surface area (Å²) in [7, 11) is 0. The average molecular weight is 344 g/mol. The monoisotopic (exact) mass is 344 g/mol. The van der Waals surface area contributed by atoms with Gasteiger partial charge in [-0.1, -0.05) is 33.1 Å². The van der Waals surface area contributed by atoms with Crippen molar-refractivity contribution in [1.29, 1.82) is 0 Å². The molecule has 1 radical (unpaired) electrons. The van der Waals surface area contributed by atoms with Crippen molar-refractivity contribution in [2.24, 2.45) is 5.92 Å². The lowest BCUT2D eigenvalue weighted by atomic mass is 9.72. The van der Waals surface area contributed by atoms with Gasteiger partial charge in [0.25, 0.3) is 5.69 Å². The van der Waals surface area contributed by atoms with Gasteiger partial charge in [-0.25, -0.2) is 4.98 Å². The van der Waals surface area contributed by atoms with E-state index < -0.39 is 0 Å². The summed E-state index contributed by atoms with van der Waals surface area (Å²) in [4.78, 5) is 17.6. The number of pyridine rings is 1. The maximum absolute atomic E-state index is 11.0. The van der Waals surface area contributed by atoms with E-state index in [2.05, 4.69) is 30.2 Å². The van der Waals surface area contributed by atoms with Gasteiger partial charge in [0.1, 0.15) is 12.0 Å². The van der Waals surface area contributed by atoms with Crippen LogP contribution < -0.4 is 4.90 Å². The largest absolute Gasteiger partial charge is 0.348 e. The summed E-state index contributed by atoms with van der Waals surface area (Å²) in [5, 5.41) is 11.0. The van der Waals surface area contributed by atoms with Crippen LogP contribution in [0, 0.1) is 22.5 Å². The number of hydrogen-bond donors (Lipinski definition) is 0. The van der Waals surface area contributed by atoms with Gasteiger partial charge in [0.2, 0.25) is 0 Å². The molecule has 0 N–H and O–H groups in total. The van der Waals surface area contributed by atoms with E-state index in [-0.39, 0.29) is 16.1 Å². The Hall–Kier alpha value is -1.65.